The standard InChI is InChI=1S/C11H12ClN3S3/c1-6(13)7-3-4-9(8(12)5-7)17-11-15-14-10(16-2)18-11/h3-6H,13H2,1-2H3/t6-/m1/s1. The van der Waals surface area contributed by atoms with Gasteiger partial charge < -0.3 is 5.73 Å². The number of nitrogens with zero attached hydrogens (tertiary/aromatic N) is 2. The van der Waals surface area contributed by atoms with Crippen molar-refractivity contribution < 1.29 is 0 Å². The Kier molecular flexibility index (Phi) is 4.91. The predicted molar refractivity (Wildman–Crippen MR) is 79.9 cm³/mol. The average molecular weight is 318 g/mol. The Morgan fingerprint density at radius 2 is 2.06 bits per heavy atom. The van der Waals surface area contributed by atoms with E-state index in [1.165, 1.54) is 11.8 Å². The molecule has 3 nitrogen and oxygen atoms in total. The summed E-state index contributed by atoms with van der Waals surface area (Å²) in [4.78, 5) is 0.977. The summed E-state index contributed by atoms with van der Waals surface area (Å²) >= 11 is 10.9. The minimum absolute atomic E-state index is 0.00817. The van der Waals surface area contributed by atoms with Crippen molar-refractivity contribution in [3.05, 3.63) is 28.8 Å². The molecule has 96 valence electrons. The van der Waals surface area contributed by atoms with Crippen molar-refractivity contribution in [2.75, 3.05) is 6.26 Å². The molecule has 0 amide bonds. The molecule has 0 fully saturated rings. The predicted octanol–water partition coefficient (Wildman–Crippen LogP) is 4.08. The van der Waals surface area contributed by atoms with Crippen LogP contribution in [0.1, 0.15) is 18.5 Å². The largest absolute Gasteiger partial charge is 0.324 e. The summed E-state index contributed by atoms with van der Waals surface area (Å²) in [7, 11) is 0. The third kappa shape index (κ3) is 3.39. The smallest absolute Gasteiger partial charge is 0.179 e. The highest BCUT2D eigenvalue weighted by Gasteiger charge is 2.09. The fraction of sp³-hybridized carbons (Fsp3) is 0.273. The molecule has 0 aliphatic rings. The molecule has 1 aromatic heterocycles. The molecule has 7 heteroatoms. The lowest BCUT2D eigenvalue weighted by Gasteiger charge is -2.08. The van der Waals surface area contributed by atoms with Crippen LogP contribution in [0.3, 0.4) is 0 Å². The highest BCUT2D eigenvalue weighted by molar-refractivity contribution is 8.03. The Morgan fingerprint density at radius 3 is 2.61 bits per heavy atom. The molecule has 18 heavy (non-hydrogen) atoms. The summed E-state index contributed by atoms with van der Waals surface area (Å²) in [5.74, 6) is 0. The van der Waals surface area contributed by atoms with Crippen molar-refractivity contribution in [3.8, 4) is 0 Å². The first-order chi connectivity index (χ1) is 8.60. The first-order valence-corrected chi connectivity index (χ1v) is 8.44. The SMILES string of the molecule is CSc1nnc(Sc2ccc([C@@H](C)N)cc2Cl)s1. The van der Waals surface area contributed by atoms with Gasteiger partial charge in [-0.1, -0.05) is 52.5 Å². The van der Waals surface area contributed by atoms with E-state index in [-0.39, 0.29) is 6.04 Å². The molecule has 2 N–H and O–H groups in total. The van der Waals surface area contributed by atoms with Crippen LogP contribution in [-0.4, -0.2) is 16.5 Å². The number of nitrogens with two attached hydrogens (primary N) is 1. The van der Waals surface area contributed by atoms with Crippen molar-refractivity contribution in [2.45, 2.75) is 26.5 Å². The quantitative estimate of drug-likeness (QED) is 0.861. The number of thioether (sulfide) groups is 1. The number of rotatable bonds is 4. The first kappa shape index (κ1) is 14.1. The van der Waals surface area contributed by atoms with Crippen molar-refractivity contribution >= 4 is 46.5 Å². The highest BCUT2D eigenvalue weighted by Crippen LogP contribution is 2.37. The Labute approximate surface area is 124 Å². The molecular formula is C11H12ClN3S3. The highest BCUT2D eigenvalue weighted by atomic mass is 35.5. The number of hydrogen-bond acceptors (Lipinski definition) is 6. The van der Waals surface area contributed by atoms with Crippen LogP contribution in [-0.2, 0) is 0 Å². The normalized spacial score (nSPS) is 12.7. The lowest BCUT2D eigenvalue weighted by atomic mass is 10.1. The van der Waals surface area contributed by atoms with E-state index in [1.807, 2.05) is 31.4 Å². The minimum Gasteiger partial charge on any atom is -0.324 e. The van der Waals surface area contributed by atoms with Gasteiger partial charge in [0.2, 0.25) is 0 Å². The van der Waals surface area contributed by atoms with E-state index >= 15 is 0 Å². The van der Waals surface area contributed by atoms with Crippen molar-refractivity contribution in [1.29, 1.82) is 0 Å². The topological polar surface area (TPSA) is 51.8 Å². The van der Waals surface area contributed by atoms with Gasteiger partial charge in [-0.25, -0.2) is 0 Å². The van der Waals surface area contributed by atoms with Gasteiger partial charge in [0, 0.05) is 10.9 Å². The van der Waals surface area contributed by atoms with Gasteiger partial charge in [0.25, 0.3) is 0 Å². The number of halogens is 1. The third-order valence-electron chi connectivity index (χ3n) is 2.24. The monoisotopic (exact) mass is 317 g/mol. The van der Waals surface area contributed by atoms with Crippen LogP contribution in [0.2, 0.25) is 5.02 Å². The van der Waals surface area contributed by atoms with E-state index < -0.39 is 0 Å². The summed E-state index contributed by atoms with van der Waals surface area (Å²) in [6.45, 7) is 1.94. The second-order valence-corrected chi connectivity index (χ2v) is 7.35. The van der Waals surface area contributed by atoms with E-state index in [1.54, 1.807) is 23.1 Å². The van der Waals surface area contributed by atoms with Gasteiger partial charge in [-0.15, -0.1) is 10.2 Å². The van der Waals surface area contributed by atoms with Crippen LogP contribution in [0.25, 0.3) is 0 Å². The van der Waals surface area contributed by atoms with Crippen LogP contribution in [0, 0.1) is 0 Å². The molecule has 1 atom stereocenters. The van der Waals surface area contributed by atoms with Gasteiger partial charge in [0.15, 0.2) is 8.68 Å². The maximum atomic E-state index is 6.24. The Balaban J connectivity index is 2.19. The fourth-order valence-corrected chi connectivity index (χ4v) is 4.00. The summed E-state index contributed by atoms with van der Waals surface area (Å²) in [5.41, 5.74) is 6.85. The Hall–Kier alpha value is -0.270. The van der Waals surface area contributed by atoms with Crippen molar-refractivity contribution in [2.24, 2.45) is 5.73 Å². The summed E-state index contributed by atoms with van der Waals surface area (Å²) in [5, 5.41) is 8.87. The van der Waals surface area contributed by atoms with E-state index in [4.69, 9.17) is 17.3 Å². The molecule has 0 aliphatic carbocycles. The van der Waals surface area contributed by atoms with E-state index in [2.05, 4.69) is 10.2 Å². The van der Waals surface area contributed by atoms with Gasteiger partial charge in [-0.2, -0.15) is 0 Å². The number of aromatic nitrogens is 2. The van der Waals surface area contributed by atoms with E-state index in [9.17, 15) is 0 Å². The van der Waals surface area contributed by atoms with Crippen LogP contribution in [0.5, 0.6) is 0 Å². The maximum absolute atomic E-state index is 6.24. The zero-order valence-electron chi connectivity index (χ0n) is 9.88. The summed E-state index contributed by atoms with van der Waals surface area (Å²) < 4.78 is 1.86. The van der Waals surface area contributed by atoms with E-state index in [0.29, 0.717) is 5.02 Å². The van der Waals surface area contributed by atoms with Crippen LogP contribution < -0.4 is 5.73 Å². The molecule has 0 aliphatic heterocycles. The fourth-order valence-electron chi connectivity index (χ4n) is 1.30. The first-order valence-electron chi connectivity index (χ1n) is 5.20. The van der Waals surface area contributed by atoms with Crippen LogP contribution in [0.15, 0.2) is 31.8 Å². The molecule has 0 radical (unpaired) electrons. The molecule has 0 saturated carbocycles. The van der Waals surface area contributed by atoms with Gasteiger partial charge in [-0.3, -0.25) is 0 Å². The zero-order valence-corrected chi connectivity index (χ0v) is 13.1. The van der Waals surface area contributed by atoms with Gasteiger partial charge in [-0.05, 0) is 30.9 Å². The van der Waals surface area contributed by atoms with Crippen LogP contribution >= 0.6 is 46.5 Å². The summed E-state index contributed by atoms with van der Waals surface area (Å²) in [6, 6.07) is 5.87. The Morgan fingerprint density at radius 1 is 1.33 bits per heavy atom. The van der Waals surface area contributed by atoms with E-state index in [0.717, 1.165) is 19.1 Å². The second-order valence-electron chi connectivity index (χ2n) is 3.62. The van der Waals surface area contributed by atoms with Crippen molar-refractivity contribution in [1.82, 2.24) is 10.2 Å². The second kappa shape index (κ2) is 6.25. The molecule has 0 spiro atoms. The van der Waals surface area contributed by atoms with Gasteiger partial charge in [0.1, 0.15) is 0 Å². The van der Waals surface area contributed by atoms with Crippen LogP contribution in [0.4, 0.5) is 0 Å². The molecule has 1 heterocycles. The molecule has 2 aromatic rings. The lowest BCUT2D eigenvalue weighted by molar-refractivity contribution is 0.817. The lowest BCUT2D eigenvalue weighted by Crippen LogP contribution is -2.04. The Bertz CT molecular complexity index is 542. The maximum Gasteiger partial charge on any atom is 0.179 e. The van der Waals surface area contributed by atoms with Gasteiger partial charge in [0.05, 0.1) is 5.02 Å². The van der Waals surface area contributed by atoms with Gasteiger partial charge >= 0.3 is 0 Å². The number of benzene rings is 1. The third-order valence-corrected chi connectivity index (χ3v) is 5.69. The molecule has 0 bridgehead atoms. The molecular weight excluding hydrogens is 306 g/mol. The average Bonchev–Trinajstić information content (AvgIpc) is 2.79. The number of hydrogen-bond donors (Lipinski definition) is 1. The van der Waals surface area contributed by atoms with Crippen molar-refractivity contribution in [3.63, 3.8) is 0 Å². The molecule has 2 rings (SSSR count). The zero-order chi connectivity index (χ0) is 13.1. The molecule has 1 aromatic carbocycles. The molecule has 0 saturated heterocycles. The summed E-state index contributed by atoms with van der Waals surface area (Å²) in [6.07, 6.45) is 1.99. The molecule has 0 unspecified atom stereocenters. The minimum atomic E-state index is -0.00817.